The van der Waals surface area contributed by atoms with E-state index in [0.29, 0.717) is 10.6 Å². The lowest BCUT2D eigenvalue weighted by Crippen LogP contribution is -2.36. The Labute approximate surface area is 146 Å². The highest BCUT2D eigenvalue weighted by Gasteiger charge is 2.12. The van der Waals surface area contributed by atoms with Gasteiger partial charge in [-0.15, -0.1) is 0 Å². The van der Waals surface area contributed by atoms with Gasteiger partial charge in [0.05, 0.1) is 5.56 Å². The highest BCUT2D eigenvalue weighted by atomic mass is 35.5. The molecule has 0 aliphatic carbocycles. The summed E-state index contributed by atoms with van der Waals surface area (Å²) in [5, 5.41) is 3.27. The van der Waals surface area contributed by atoms with Gasteiger partial charge in [-0.25, -0.2) is 4.79 Å². The molecule has 0 radical (unpaired) electrons. The summed E-state index contributed by atoms with van der Waals surface area (Å²) < 4.78 is 5.00. The van der Waals surface area contributed by atoms with Crippen LogP contribution in [0.3, 0.4) is 0 Å². The maximum absolute atomic E-state index is 11.9. The van der Waals surface area contributed by atoms with Gasteiger partial charge in [0.1, 0.15) is 0 Å². The lowest BCUT2D eigenvalue weighted by atomic mass is 10.1. The molecule has 0 saturated carbocycles. The van der Waals surface area contributed by atoms with E-state index in [1.54, 1.807) is 18.2 Å². The van der Waals surface area contributed by atoms with Gasteiger partial charge >= 0.3 is 5.97 Å². The zero-order chi connectivity index (χ0) is 17.4. The molecule has 0 aliphatic rings. The molecule has 24 heavy (non-hydrogen) atoms. The number of hydrogen-bond acceptors (Lipinski definition) is 3. The monoisotopic (exact) mass is 345 g/mol. The van der Waals surface area contributed by atoms with E-state index in [2.05, 4.69) is 17.4 Å². The number of nitrogens with one attached hydrogen (secondary N) is 1. The van der Waals surface area contributed by atoms with Crippen LogP contribution < -0.4 is 5.32 Å². The number of benzene rings is 2. The van der Waals surface area contributed by atoms with Crippen molar-refractivity contribution >= 4 is 23.5 Å². The van der Waals surface area contributed by atoms with Crippen molar-refractivity contribution in [3.63, 3.8) is 0 Å². The van der Waals surface area contributed by atoms with Crippen molar-refractivity contribution in [3.8, 4) is 0 Å². The van der Waals surface area contributed by atoms with E-state index in [1.807, 2.05) is 25.1 Å². The van der Waals surface area contributed by atoms with Crippen LogP contribution in [-0.2, 0) is 16.0 Å². The van der Waals surface area contributed by atoms with Crippen LogP contribution in [0, 0.1) is 0 Å². The van der Waals surface area contributed by atoms with E-state index in [-0.39, 0.29) is 18.6 Å². The molecule has 0 heterocycles. The number of esters is 1. The Morgan fingerprint density at radius 1 is 1.12 bits per heavy atom. The van der Waals surface area contributed by atoms with Gasteiger partial charge in [-0.3, -0.25) is 4.79 Å². The zero-order valence-corrected chi connectivity index (χ0v) is 14.3. The molecule has 5 heteroatoms. The summed E-state index contributed by atoms with van der Waals surface area (Å²) in [5.74, 6) is -0.879. The Balaban J connectivity index is 1.71. The van der Waals surface area contributed by atoms with Crippen LogP contribution in [0.4, 0.5) is 0 Å². The molecule has 4 nitrogen and oxygen atoms in total. The molecule has 0 bridgehead atoms. The summed E-state index contributed by atoms with van der Waals surface area (Å²) in [6.45, 7) is 1.63. The Morgan fingerprint density at radius 3 is 2.58 bits per heavy atom. The molecule has 0 spiro atoms. The van der Waals surface area contributed by atoms with Gasteiger partial charge < -0.3 is 10.1 Å². The summed E-state index contributed by atoms with van der Waals surface area (Å²) in [4.78, 5) is 23.7. The Morgan fingerprint density at radius 2 is 1.88 bits per heavy atom. The number of amides is 1. The first-order chi connectivity index (χ1) is 11.5. The number of carbonyl (C=O) groups excluding carboxylic acids is 2. The zero-order valence-electron chi connectivity index (χ0n) is 13.5. The highest BCUT2D eigenvalue weighted by molar-refractivity contribution is 6.30. The van der Waals surface area contributed by atoms with Crippen molar-refractivity contribution in [2.24, 2.45) is 0 Å². The Bertz CT molecular complexity index is 688. The lowest BCUT2D eigenvalue weighted by molar-refractivity contribution is -0.124. The Kier molecular flexibility index (Phi) is 6.82. The SMILES string of the molecule is C[C@H](CCc1ccccc1)NC(=O)COC(=O)c1cccc(Cl)c1. The third-order valence-electron chi connectivity index (χ3n) is 3.51. The smallest absolute Gasteiger partial charge is 0.338 e. The van der Waals surface area contributed by atoms with E-state index in [1.165, 1.54) is 11.6 Å². The van der Waals surface area contributed by atoms with Crippen molar-refractivity contribution in [3.05, 3.63) is 70.7 Å². The first-order valence-electron chi connectivity index (χ1n) is 7.80. The largest absolute Gasteiger partial charge is 0.452 e. The second-order valence-electron chi connectivity index (χ2n) is 5.58. The average Bonchev–Trinajstić information content (AvgIpc) is 2.59. The van der Waals surface area contributed by atoms with Gasteiger partial charge in [0.2, 0.25) is 0 Å². The average molecular weight is 346 g/mol. The Hall–Kier alpha value is -2.33. The van der Waals surface area contributed by atoms with Gasteiger partial charge in [0.25, 0.3) is 5.91 Å². The predicted octanol–water partition coefficient (Wildman–Crippen LogP) is 3.63. The molecular formula is C19H20ClNO3. The summed E-state index contributed by atoms with van der Waals surface area (Å²) in [7, 11) is 0. The van der Waals surface area contributed by atoms with E-state index < -0.39 is 5.97 Å². The number of rotatable bonds is 7. The molecule has 1 atom stereocenters. The number of ether oxygens (including phenoxy) is 1. The maximum Gasteiger partial charge on any atom is 0.338 e. The summed E-state index contributed by atoms with van der Waals surface area (Å²) >= 11 is 5.82. The van der Waals surface area contributed by atoms with Crippen LogP contribution >= 0.6 is 11.6 Å². The quantitative estimate of drug-likeness (QED) is 0.779. The lowest BCUT2D eigenvalue weighted by Gasteiger charge is -2.14. The van der Waals surface area contributed by atoms with Crippen LogP contribution in [0.2, 0.25) is 5.02 Å². The second-order valence-corrected chi connectivity index (χ2v) is 6.02. The number of hydrogen-bond donors (Lipinski definition) is 1. The minimum atomic E-state index is -0.565. The van der Waals surface area contributed by atoms with Gasteiger partial charge in [-0.05, 0) is 43.5 Å². The molecule has 1 amide bonds. The maximum atomic E-state index is 11.9. The topological polar surface area (TPSA) is 55.4 Å². The van der Waals surface area contributed by atoms with Crippen molar-refractivity contribution in [2.45, 2.75) is 25.8 Å². The number of carbonyl (C=O) groups is 2. The minimum Gasteiger partial charge on any atom is -0.452 e. The normalized spacial score (nSPS) is 11.6. The molecule has 1 N–H and O–H groups in total. The molecule has 0 aromatic heterocycles. The van der Waals surface area contributed by atoms with Crippen LogP contribution in [-0.4, -0.2) is 24.5 Å². The van der Waals surface area contributed by atoms with E-state index in [9.17, 15) is 9.59 Å². The third-order valence-corrected chi connectivity index (χ3v) is 3.75. The molecule has 0 aliphatic heterocycles. The molecule has 0 unspecified atom stereocenters. The fraction of sp³-hybridized carbons (Fsp3) is 0.263. The van der Waals surface area contributed by atoms with Crippen molar-refractivity contribution in [1.29, 1.82) is 0 Å². The summed E-state index contributed by atoms with van der Waals surface area (Å²) in [6.07, 6.45) is 1.70. The molecule has 0 fully saturated rings. The molecule has 2 rings (SSSR count). The van der Waals surface area contributed by atoms with Crippen molar-refractivity contribution in [1.82, 2.24) is 5.32 Å². The molecule has 0 saturated heterocycles. The van der Waals surface area contributed by atoms with Gasteiger partial charge in [0, 0.05) is 11.1 Å². The van der Waals surface area contributed by atoms with Crippen LogP contribution in [0.25, 0.3) is 0 Å². The van der Waals surface area contributed by atoms with Crippen molar-refractivity contribution in [2.75, 3.05) is 6.61 Å². The molecule has 2 aromatic carbocycles. The summed E-state index contributed by atoms with van der Waals surface area (Å²) in [6, 6.07) is 16.5. The summed E-state index contributed by atoms with van der Waals surface area (Å²) in [5.41, 5.74) is 1.55. The number of halogens is 1. The number of aryl methyl sites for hydroxylation is 1. The van der Waals surface area contributed by atoms with E-state index in [0.717, 1.165) is 12.8 Å². The van der Waals surface area contributed by atoms with Crippen LogP contribution in [0.15, 0.2) is 54.6 Å². The first-order valence-corrected chi connectivity index (χ1v) is 8.18. The van der Waals surface area contributed by atoms with Gasteiger partial charge in [0.15, 0.2) is 6.61 Å². The fourth-order valence-electron chi connectivity index (χ4n) is 2.25. The first kappa shape index (κ1) is 18.0. The standard InChI is InChI=1S/C19H20ClNO3/c1-14(10-11-15-6-3-2-4-7-15)21-18(22)13-24-19(23)16-8-5-9-17(20)12-16/h2-9,12,14H,10-11,13H2,1H3,(H,21,22)/t14-/m1/s1. The third kappa shape index (κ3) is 6.05. The van der Waals surface area contributed by atoms with Crippen molar-refractivity contribution < 1.29 is 14.3 Å². The predicted molar refractivity (Wildman–Crippen MR) is 94.1 cm³/mol. The van der Waals surface area contributed by atoms with E-state index >= 15 is 0 Å². The van der Waals surface area contributed by atoms with Gasteiger partial charge in [-0.2, -0.15) is 0 Å². The highest BCUT2D eigenvalue weighted by Crippen LogP contribution is 2.11. The molecule has 126 valence electrons. The molecule has 2 aromatic rings. The molecular weight excluding hydrogens is 326 g/mol. The fourth-order valence-corrected chi connectivity index (χ4v) is 2.44. The second kappa shape index (κ2) is 9.08. The van der Waals surface area contributed by atoms with Crippen LogP contribution in [0.1, 0.15) is 29.3 Å². The van der Waals surface area contributed by atoms with Crippen LogP contribution in [0.5, 0.6) is 0 Å². The van der Waals surface area contributed by atoms with Gasteiger partial charge in [-0.1, -0.05) is 48.0 Å². The van der Waals surface area contributed by atoms with E-state index in [4.69, 9.17) is 16.3 Å². The minimum absolute atomic E-state index is 0.00239.